The van der Waals surface area contributed by atoms with Crippen molar-refractivity contribution in [3.8, 4) is 5.75 Å². The van der Waals surface area contributed by atoms with Crippen molar-refractivity contribution in [1.29, 1.82) is 0 Å². The zero-order chi connectivity index (χ0) is 13.1. The van der Waals surface area contributed by atoms with Gasteiger partial charge in [-0.1, -0.05) is 19.1 Å². The van der Waals surface area contributed by atoms with E-state index >= 15 is 0 Å². The summed E-state index contributed by atoms with van der Waals surface area (Å²) in [5.41, 5.74) is 2.21. The topological polar surface area (TPSA) is 52.6 Å². The second-order valence-corrected chi connectivity index (χ2v) is 4.64. The van der Waals surface area contributed by atoms with Crippen LogP contribution in [0.3, 0.4) is 0 Å². The van der Waals surface area contributed by atoms with E-state index in [1.807, 2.05) is 6.07 Å². The third kappa shape index (κ3) is 2.34. The van der Waals surface area contributed by atoms with Gasteiger partial charge in [0.25, 0.3) is 0 Å². The molecule has 0 saturated heterocycles. The highest BCUT2D eigenvalue weighted by molar-refractivity contribution is 5.77. The van der Waals surface area contributed by atoms with Crippen molar-refractivity contribution in [2.45, 2.75) is 25.8 Å². The van der Waals surface area contributed by atoms with E-state index in [1.54, 1.807) is 13.1 Å². The van der Waals surface area contributed by atoms with E-state index in [9.17, 15) is 9.90 Å². The van der Waals surface area contributed by atoms with E-state index in [0.717, 1.165) is 24.9 Å². The highest BCUT2D eigenvalue weighted by Gasteiger charge is 2.29. The summed E-state index contributed by atoms with van der Waals surface area (Å²) < 4.78 is 0. The minimum absolute atomic E-state index is 0.0328. The summed E-state index contributed by atoms with van der Waals surface area (Å²) in [6, 6.07) is 5.91. The van der Waals surface area contributed by atoms with Gasteiger partial charge in [0.1, 0.15) is 5.75 Å². The van der Waals surface area contributed by atoms with Crippen LogP contribution in [0.2, 0.25) is 0 Å². The maximum atomic E-state index is 11.5. The van der Waals surface area contributed by atoms with E-state index in [-0.39, 0.29) is 11.9 Å². The SMILES string of the molecule is CCN(CC(=O)NC)C1CCc2c(O)cccc21. The first kappa shape index (κ1) is 12.9. The number of likely N-dealkylation sites (N-methyl/N-ethyl adjacent to an activating group) is 2. The molecule has 0 aliphatic heterocycles. The van der Waals surface area contributed by atoms with Gasteiger partial charge in [0.2, 0.25) is 5.91 Å². The van der Waals surface area contributed by atoms with Gasteiger partial charge in [-0.15, -0.1) is 0 Å². The molecule has 18 heavy (non-hydrogen) atoms. The number of carbonyl (C=O) groups excluding carboxylic acids is 1. The molecule has 0 heterocycles. The summed E-state index contributed by atoms with van der Waals surface area (Å²) in [7, 11) is 1.66. The lowest BCUT2D eigenvalue weighted by Gasteiger charge is -2.27. The minimum atomic E-state index is 0.0328. The van der Waals surface area contributed by atoms with Crippen LogP contribution in [0.1, 0.15) is 30.5 Å². The number of carbonyl (C=O) groups is 1. The molecule has 1 atom stereocenters. The molecule has 2 N–H and O–H groups in total. The van der Waals surface area contributed by atoms with Gasteiger partial charge >= 0.3 is 0 Å². The van der Waals surface area contributed by atoms with E-state index in [2.05, 4.69) is 23.2 Å². The van der Waals surface area contributed by atoms with E-state index in [4.69, 9.17) is 0 Å². The summed E-state index contributed by atoms with van der Waals surface area (Å²) in [5, 5.41) is 12.5. The number of rotatable bonds is 4. The molecule has 1 aromatic rings. The van der Waals surface area contributed by atoms with Crippen molar-refractivity contribution >= 4 is 5.91 Å². The number of nitrogens with one attached hydrogen (secondary N) is 1. The predicted molar refractivity (Wildman–Crippen MR) is 70.5 cm³/mol. The van der Waals surface area contributed by atoms with Crippen molar-refractivity contribution in [2.75, 3.05) is 20.1 Å². The fraction of sp³-hybridized carbons (Fsp3) is 0.500. The van der Waals surface area contributed by atoms with E-state index < -0.39 is 0 Å². The molecule has 1 amide bonds. The molecule has 0 fully saturated rings. The highest BCUT2D eigenvalue weighted by atomic mass is 16.3. The van der Waals surface area contributed by atoms with Gasteiger partial charge in [-0.2, -0.15) is 0 Å². The van der Waals surface area contributed by atoms with Crippen molar-refractivity contribution in [1.82, 2.24) is 10.2 Å². The maximum Gasteiger partial charge on any atom is 0.233 e. The molecule has 2 rings (SSSR count). The average molecular weight is 248 g/mol. The van der Waals surface area contributed by atoms with Crippen molar-refractivity contribution in [3.05, 3.63) is 29.3 Å². The second kappa shape index (κ2) is 5.40. The number of phenolic OH excluding ortho intramolecular Hbond substituents is 1. The number of fused-ring (bicyclic) bond motifs is 1. The van der Waals surface area contributed by atoms with Crippen LogP contribution in [0.5, 0.6) is 5.75 Å². The third-order valence-electron chi connectivity index (χ3n) is 3.69. The zero-order valence-corrected chi connectivity index (χ0v) is 10.9. The number of amides is 1. The first-order valence-corrected chi connectivity index (χ1v) is 6.42. The standard InChI is InChI=1S/C14H20N2O2/c1-3-16(9-14(18)15-2)12-8-7-11-10(12)5-4-6-13(11)17/h4-6,12,17H,3,7-9H2,1-2H3,(H,15,18). The summed E-state index contributed by atoms with van der Waals surface area (Å²) in [5.74, 6) is 0.413. The van der Waals surface area contributed by atoms with Crippen LogP contribution in [0.25, 0.3) is 0 Å². The molecule has 1 unspecified atom stereocenters. The van der Waals surface area contributed by atoms with Crippen LogP contribution in [0.15, 0.2) is 18.2 Å². The molecule has 1 aliphatic carbocycles. The molecule has 4 heteroatoms. The molecule has 1 aliphatic rings. The maximum absolute atomic E-state index is 11.5. The Labute approximate surface area is 108 Å². The van der Waals surface area contributed by atoms with Crippen molar-refractivity contribution in [2.24, 2.45) is 0 Å². The Balaban J connectivity index is 2.21. The quantitative estimate of drug-likeness (QED) is 0.848. The lowest BCUT2D eigenvalue weighted by Crippen LogP contribution is -2.37. The van der Waals surface area contributed by atoms with Gasteiger partial charge in [-0.3, -0.25) is 9.69 Å². The van der Waals surface area contributed by atoms with E-state index in [1.165, 1.54) is 5.56 Å². The zero-order valence-electron chi connectivity index (χ0n) is 10.9. The Bertz CT molecular complexity index is 445. The molecule has 0 radical (unpaired) electrons. The van der Waals surface area contributed by atoms with E-state index in [0.29, 0.717) is 12.3 Å². The Kier molecular flexibility index (Phi) is 3.87. The summed E-state index contributed by atoms with van der Waals surface area (Å²) in [4.78, 5) is 13.7. The first-order chi connectivity index (χ1) is 8.67. The first-order valence-electron chi connectivity index (χ1n) is 6.42. The Morgan fingerprint density at radius 1 is 1.56 bits per heavy atom. The molecule has 4 nitrogen and oxygen atoms in total. The third-order valence-corrected chi connectivity index (χ3v) is 3.69. The number of hydrogen-bond donors (Lipinski definition) is 2. The van der Waals surface area contributed by atoms with Crippen LogP contribution >= 0.6 is 0 Å². The molecular weight excluding hydrogens is 228 g/mol. The summed E-state index contributed by atoms with van der Waals surface area (Å²) in [6.07, 6.45) is 1.86. The molecular formula is C14H20N2O2. The Morgan fingerprint density at radius 3 is 3.00 bits per heavy atom. The van der Waals surface area contributed by atoms with Crippen molar-refractivity contribution in [3.63, 3.8) is 0 Å². The van der Waals surface area contributed by atoms with Gasteiger partial charge in [0.15, 0.2) is 0 Å². The molecule has 0 saturated carbocycles. The molecule has 0 aromatic heterocycles. The highest BCUT2D eigenvalue weighted by Crippen LogP contribution is 2.39. The Morgan fingerprint density at radius 2 is 2.33 bits per heavy atom. The number of aromatic hydroxyl groups is 1. The lowest BCUT2D eigenvalue weighted by molar-refractivity contribution is -0.122. The predicted octanol–water partition coefficient (Wildman–Crippen LogP) is 1.45. The van der Waals surface area contributed by atoms with Gasteiger partial charge in [-0.05, 0) is 36.6 Å². The Hall–Kier alpha value is -1.55. The number of benzene rings is 1. The largest absolute Gasteiger partial charge is 0.508 e. The number of hydrogen-bond acceptors (Lipinski definition) is 3. The minimum Gasteiger partial charge on any atom is -0.508 e. The number of phenols is 1. The molecule has 0 spiro atoms. The fourth-order valence-corrected chi connectivity index (χ4v) is 2.70. The van der Waals surface area contributed by atoms with Crippen LogP contribution in [0, 0.1) is 0 Å². The van der Waals surface area contributed by atoms with Gasteiger partial charge < -0.3 is 10.4 Å². The van der Waals surface area contributed by atoms with Crippen LogP contribution in [0.4, 0.5) is 0 Å². The van der Waals surface area contributed by atoms with Crippen LogP contribution in [-0.4, -0.2) is 36.1 Å². The fourth-order valence-electron chi connectivity index (χ4n) is 2.70. The molecule has 1 aromatic carbocycles. The summed E-state index contributed by atoms with van der Waals surface area (Å²) >= 11 is 0. The lowest BCUT2D eigenvalue weighted by atomic mass is 10.1. The van der Waals surface area contributed by atoms with Gasteiger partial charge in [0, 0.05) is 13.1 Å². The molecule has 98 valence electrons. The monoisotopic (exact) mass is 248 g/mol. The van der Waals surface area contributed by atoms with Gasteiger partial charge in [-0.25, -0.2) is 0 Å². The smallest absolute Gasteiger partial charge is 0.233 e. The summed E-state index contributed by atoms with van der Waals surface area (Å²) in [6.45, 7) is 3.30. The average Bonchev–Trinajstić information content (AvgIpc) is 2.81. The van der Waals surface area contributed by atoms with Crippen molar-refractivity contribution < 1.29 is 9.90 Å². The van der Waals surface area contributed by atoms with Gasteiger partial charge in [0.05, 0.1) is 6.54 Å². The van der Waals surface area contributed by atoms with Crippen LogP contribution in [-0.2, 0) is 11.2 Å². The normalized spacial score (nSPS) is 17.8. The second-order valence-electron chi connectivity index (χ2n) is 4.64. The van der Waals surface area contributed by atoms with Crippen LogP contribution < -0.4 is 5.32 Å². The molecule has 0 bridgehead atoms. The number of nitrogens with zero attached hydrogens (tertiary/aromatic N) is 1.